The van der Waals surface area contributed by atoms with Crippen molar-refractivity contribution in [2.75, 3.05) is 17.2 Å². The monoisotopic (exact) mass is 266 g/mol. The molecular formula is C17H18N2O. The molecule has 102 valence electrons. The standard InChI is InChI=1S/C17H18N2O/c1-11-3-6-15(12(2)9-11)19-17(20)14-5-4-13-7-8-18-16(13)10-14/h3-6,9-10,18H,7-8H2,1-2H3,(H,19,20). The van der Waals surface area contributed by atoms with E-state index >= 15 is 0 Å². The van der Waals surface area contributed by atoms with Crippen LogP contribution in [0.3, 0.4) is 0 Å². The molecule has 20 heavy (non-hydrogen) atoms. The maximum absolute atomic E-state index is 12.3. The molecule has 2 N–H and O–H groups in total. The van der Waals surface area contributed by atoms with Gasteiger partial charge in [0.1, 0.15) is 0 Å². The van der Waals surface area contributed by atoms with E-state index in [9.17, 15) is 4.79 Å². The van der Waals surface area contributed by atoms with E-state index in [1.54, 1.807) is 0 Å². The van der Waals surface area contributed by atoms with Crippen molar-refractivity contribution in [3.8, 4) is 0 Å². The third kappa shape index (κ3) is 2.39. The summed E-state index contributed by atoms with van der Waals surface area (Å²) in [6, 6.07) is 11.9. The summed E-state index contributed by atoms with van der Waals surface area (Å²) in [6.45, 7) is 5.01. The van der Waals surface area contributed by atoms with Crippen LogP contribution in [0.5, 0.6) is 0 Å². The van der Waals surface area contributed by atoms with Gasteiger partial charge in [-0.15, -0.1) is 0 Å². The predicted molar refractivity (Wildman–Crippen MR) is 82.5 cm³/mol. The van der Waals surface area contributed by atoms with Gasteiger partial charge in [0.05, 0.1) is 0 Å². The van der Waals surface area contributed by atoms with Gasteiger partial charge in [0.25, 0.3) is 5.91 Å². The van der Waals surface area contributed by atoms with Crippen molar-refractivity contribution in [1.82, 2.24) is 0 Å². The Morgan fingerprint density at radius 3 is 2.80 bits per heavy atom. The van der Waals surface area contributed by atoms with Gasteiger partial charge in [-0.3, -0.25) is 4.79 Å². The molecule has 0 spiro atoms. The Morgan fingerprint density at radius 1 is 1.15 bits per heavy atom. The van der Waals surface area contributed by atoms with Crippen LogP contribution < -0.4 is 10.6 Å². The average molecular weight is 266 g/mol. The fourth-order valence-corrected chi connectivity index (χ4v) is 2.58. The number of nitrogens with one attached hydrogen (secondary N) is 2. The van der Waals surface area contributed by atoms with Gasteiger partial charge in [0.15, 0.2) is 0 Å². The van der Waals surface area contributed by atoms with E-state index in [4.69, 9.17) is 0 Å². The number of hydrogen-bond donors (Lipinski definition) is 2. The molecule has 2 aromatic carbocycles. The zero-order chi connectivity index (χ0) is 14.1. The van der Waals surface area contributed by atoms with Crippen LogP contribution in [0.1, 0.15) is 27.0 Å². The molecule has 3 rings (SSSR count). The van der Waals surface area contributed by atoms with E-state index in [0.717, 1.165) is 29.9 Å². The lowest BCUT2D eigenvalue weighted by Crippen LogP contribution is -2.13. The van der Waals surface area contributed by atoms with Crippen LogP contribution in [0.2, 0.25) is 0 Å². The molecule has 0 aliphatic carbocycles. The maximum Gasteiger partial charge on any atom is 0.255 e. The number of fused-ring (bicyclic) bond motifs is 1. The maximum atomic E-state index is 12.3. The number of hydrogen-bond acceptors (Lipinski definition) is 2. The highest BCUT2D eigenvalue weighted by Gasteiger charge is 2.14. The van der Waals surface area contributed by atoms with Gasteiger partial charge in [-0.1, -0.05) is 23.8 Å². The lowest BCUT2D eigenvalue weighted by atomic mass is 10.1. The van der Waals surface area contributed by atoms with E-state index in [1.807, 2.05) is 44.2 Å². The molecule has 1 aliphatic heterocycles. The van der Waals surface area contributed by atoms with Crippen LogP contribution >= 0.6 is 0 Å². The Morgan fingerprint density at radius 2 is 2.00 bits per heavy atom. The fourth-order valence-electron chi connectivity index (χ4n) is 2.58. The number of carbonyl (C=O) groups excluding carboxylic acids is 1. The average Bonchev–Trinajstić information content (AvgIpc) is 2.89. The molecule has 0 saturated heterocycles. The molecule has 0 atom stereocenters. The summed E-state index contributed by atoms with van der Waals surface area (Å²) in [6.07, 6.45) is 1.04. The Hall–Kier alpha value is -2.29. The molecular weight excluding hydrogens is 248 g/mol. The third-order valence-corrected chi connectivity index (χ3v) is 3.71. The first-order chi connectivity index (χ1) is 9.63. The number of benzene rings is 2. The molecule has 2 aromatic rings. The van der Waals surface area contributed by atoms with Crippen molar-refractivity contribution >= 4 is 17.3 Å². The van der Waals surface area contributed by atoms with Crippen molar-refractivity contribution in [1.29, 1.82) is 0 Å². The lowest BCUT2D eigenvalue weighted by Gasteiger charge is -2.10. The van der Waals surface area contributed by atoms with Gasteiger partial charge in [-0.2, -0.15) is 0 Å². The van der Waals surface area contributed by atoms with Gasteiger partial charge in [0.2, 0.25) is 0 Å². The van der Waals surface area contributed by atoms with E-state index < -0.39 is 0 Å². The second-order valence-corrected chi connectivity index (χ2v) is 5.32. The van der Waals surface area contributed by atoms with Crippen molar-refractivity contribution in [2.45, 2.75) is 20.3 Å². The smallest absolute Gasteiger partial charge is 0.255 e. The summed E-state index contributed by atoms with van der Waals surface area (Å²) in [4.78, 5) is 12.3. The van der Waals surface area contributed by atoms with E-state index in [2.05, 4.69) is 16.7 Å². The first kappa shape index (κ1) is 12.7. The Balaban J connectivity index is 1.82. The number of aryl methyl sites for hydroxylation is 2. The van der Waals surface area contributed by atoms with Crippen molar-refractivity contribution in [2.24, 2.45) is 0 Å². The van der Waals surface area contributed by atoms with E-state index in [1.165, 1.54) is 11.1 Å². The molecule has 1 amide bonds. The van der Waals surface area contributed by atoms with Gasteiger partial charge < -0.3 is 10.6 Å². The van der Waals surface area contributed by atoms with Crippen LogP contribution in [0.15, 0.2) is 36.4 Å². The topological polar surface area (TPSA) is 41.1 Å². The lowest BCUT2D eigenvalue weighted by molar-refractivity contribution is 0.102. The van der Waals surface area contributed by atoms with E-state index in [-0.39, 0.29) is 5.91 Å². The molecule has 3 heteroatoms. The SMILES string of the molecule is Cc1ccc(NC(=O)c2ccc3c(c2)NCC3)c(C)c1. The number of anilines is 2. The highest BCUT2D eigenvalue weighted by Crippen LogP contribution is 2.24. The van der Waals surface area contributed by atoms with Crippen LogP contribution in [-0.2, 0) is 6.42 Å². The number of carbonyl (C=O) groups is 1. The first-order valence-corrected chi connectivity index (χ1v) is 6.89. The van der Waals surface area contributed by atoms with Gasteiger partial charge in [0, 0.05) is 23.5 Å². The highest BCUT2D eigenvalue weighted by atomic mass is 16.1. The predicted octanol–water partition coefficient (Wildman–Crippen LogP) is 3.52. The molecule has 0 unspecified atom stereocenters. The van der Waals surface area contributed by atoms with Crippen molar-refractivity contribution in [3.63, 3.8) is 0 Å². The first-order valence-electron chi connectivity index (χ1n) is 6.89. The Bertz CT molecular complexity index is 677. The second kappa shape index (κ2) is 5.00. The van der Waals surface area contributed by atoms with Crippen LogP contribution in [0, 0.1) is 13.8 Å². The van der Waals surface area contributed by atoms with Crippen LogP contribution in [0.4, 0.5) is 11.4 Å². The third-order valence-electron chi connectivity index (χ3n) is 3.71. The zero-order valence-corrected chi connectivity index (χ0v) is 11.8. The molecule has 0 fully saturated rings. The largest absolute Gasteiger partial charge is 0.384 e. The van der Waals surface area contributed by atoms with Gasteiger partial charge in [-0.05, 0) is 49.6 Å². The molecule has 0 saturated carbocycles. The summed E-state index contributed by atoms with van der Waals surface area (Å²) in [5, 5.41) is 6.28. The summed E-state index contributed by atoms with van der Waals surface area (Å²) in [5.74, 6) is -0.0616. The summed E-state index contributed by atoms with van der Waals surface area (Å²) in [7, 11) is 0. The minimum absolute atomic E-state index is 0.0616. The van der Waals surface area contributed by atoms with Crippen LogP contribution in [0.25, 0.3) is 0 Å². The molecule has 0 bridgehead atoms. The fraction of sp³-hybridized carbons (Fsp3) is 0.235. The van der Waals surface area contributed by atoms with Crippen molar-refractivity contribution < 1.29 is 4.79 Å². The highest BCUT2D eigenvalue weighted by molar-refractivity contribution is 6.05. The summed E-state index contributed by atoms with van der Waals surface area (Å²) >= 11 is 0. The molecule has 0 radical (unpaired) electrons. The number of rotatable bonds is 2. The number of amides is 1. The summed E-state index contributed by atoms with van der Waals surface area (Å²) in [5.41, 5.74) is 6.21. The Labute approximate surface area is 119 Å². The van der Waals surface area contributed by atoms with Gasteiger partial charge in [-0.25, -0.2) is 0 Å². The Kier molecular flexibility index (Phi) is 3.18. The van der Waals surface area contributed by atoms with Crippen LogP contribution in [-0.4, -0.2) is 12.5 Å². The normalized spacial score (nSPS) is 12.7. The van der Waals surface area contributed by atoms with Crippen molar-refractivity contribution in [3.05, 3.63) is 58.7 Å². The minimum Gasteiger partial charge on any atom is -0.384 e. The zero-order valence-electron chi connectivity index (χ0n) is 11.8. The molecule has 0 aromatic heterocycles. The molecule has 3 nitrogen and oxygen atoms in total. The molecule has 1 heterocycles. The van der Waals surface area contributed by atoms with E-state index in [0.29, 0.717) is 5.56 Å². The summed E-state index contributed by atoms with van der Waals surface area (Å²) < 4.78 is 0. The minimum atomic E-state index is -0.0616. The second-order valence-electron chi connectivity index (χ2n) is 5.32. The molecule has 1 aliphatic rings. The quantitative estimate of drug-likeness (QED) is 0.873. The van der Waals surface area contributed by atoms with Gasteiger partial charge >= 0.3 is 0 Å².